The monoisotopic (exact) mass is 439 g/mol. The quantitative estimate of drug-likeness (QED) is 0.490. The van der Waals surface area contributed by atoms with E-state index in [0.29, 0.717) is 5.75 Å². The van der Waals surface area contributed by atoms with Crippen molar-refractivity contribution >= 4 is 35.5 Å². The number of imide groups is 1. The predicted molar refractivity (Wildman–Crippen MR) is 105 cm³/mol. The first-order chi connectivity index (χ1) is 14.3. The highest BCUT2D eigenvalue weighted by molar-refractivity contribution is 7.99. The van der Waals surface area contributed by atoms with E-state index in [1.807, 2.05) is 6.92 Å². The number of thioether (sulfide) groups is 1. The van der Waals surface area contributed by atoms with Crippen LogP contribution in [0.5, 0.6) is 0 Å². The molecule has 2 aliphatic rings. The Balaban J connectivity index is 1.99. The van der Waals surface area contributed by atoms with Crippen molar-refractivity contribution in [2.75, 3.05) is 12.4 Å². The van der Waals surface area contributed by atoms with Gasteiger partial charge in [-0.1, -0.05) is 19.1 Å². The molecule has 0 saturated carbocycles. The summed E-state index contributed by atoms with van der Waals surface area (Å²) in [6.07, 6.45) is -4.60. The van der Waals surface area contributed by atoms with Crippen LogP contribution in [0.2, 0.25) is 0 Å². The van der Waals surface area contributed by atoms with Gasteiger partial charge in [-0.25, -0.2) is 4.39 Å². The van der Waals surface area contributed by atoms with E-state index < -0.39 is 53.6 Å². The first-order valence-corrected chi connectivity index (χ1v) is 10.5. The topological polar surface area (TPSA) is 99.2 Å². The summed E-state index contributed by atoms with van der Waals surface area (Å²) in [5.74, 6) is -2.06. The third-order valence-corrected chi connectivity index (χ3v) is 5.85. The number of rotatable bonds is 6. The fourth-order valence-electron chi connectivity index (χ4n) is 3.59. The lowest BCUT2D eigenvalue weighted by Crippen LogP contribution is -2.64. The Morgan fingerprint density at radius 2 is 1.73 bits per heavy atom. The molecule has 2 heterocycles. The molecule has 0 radical (unpaired) electrons. The van der Waals surface area contributed by atoms with Crippen LogP contribution in [-0.2, 0) is 23.8 Å². The molecule has 2 amide bonds. The fraction of sp³-hybridized carbons (Fsp3) is 0.500. The summed E-state index contributed by atoms with van der Waals surface area (Å²) in [7, 11) is 0. The number of alkyl halides is 1. The lowest BCUT2D eigenvalue weighted by molar-refractivity contribution is -0.190. The Morgan fingerprint density at radius 3 is 2.23 bits per heavy atom. The normalized spacial score (nSPS) is 28.3. The van der Waals surface area contributed by atoms with Gasteiger partial charge in [-0.2, -0.15) is 0 Å². The highest BCUT2D eigenvalue weighted by atomic mass is 32.2. The molecule has 0 aromatic heterocycles. The van der Waals surface area contributed by atoms with Gasteiger partial charge in [-0.3, -0.25) is 24.1 Å². The van der Waals surface area contributed by atoms with Crippen molar-refractivity contribution in [1.29, 1.82) is 0 Å². The van der Waals surface area contributed by atoms with Gasteiger partial charge in [0.1, 0.15) is 24.2 Å². The van der Waals surface area contributed by atoms with Crippen LogP contribution < -0.4 is 0 Å². The van der Waals surface area contributed by atoms with E-state index in [2.05, 4.69) is 0 Å². The smallest absolute Gasteiger partial charge is 0.303 e. The Morgan fingerprint density at radius 1 is 1.13 bits per heavy atom. The van der Waals surface area contributed by atoms with Crippen LogP contribution in [0.4, 0.5) is 4.39 Å². The average molecular weight is 439 g/mol. The van der Waals surface area contributed by atoms with Gasteiger partial charge in [0.05, 0.1) is 11.1 Å². The molecule has 3 rings (SSSR count). The molecule has 0 bridgehead atoms. The SMILES string of the molecule is CCS[C@@H]1OC(COC(C)=O)C(F)[C@H](OC(C)=O)C1N1C(=O)c2ccccc2C1=O. The Hall–Kier alpha value is -2.46. The molecule has 2 aliphatic heterocycles. The Kier molecular flexibility index (Phi) is 6.77. The number of benzene rings is 1. The first kappa shape index (κ1) is 22.2. The van der Waals surface area contributed by atoms with Crippen LogP contribution in [0.1, 0.15) is 41.5 Å². The molecule has 0 N–H and O–H groups in total. The molecule has 30 heavy (non-hydrogen) atoms. The molecule has 1 aromatic rings. The lowest BCUT2D eigenvalue weighted by Gasteiger charge is -2.45. The summed E-state index contributed by atoms with van der Waals surface area (Å²) in [5, 5.41) is 0. The number of ether oxygens (including phenoxy) is 3. The molecule has 0 spiro atoms. The standard InChI is InChI=1S/C20H22FNO7S/c1-4-30-20-16(22-18(25)12-7-5-6-8-13(12)19(22)26)17(28-11(3)24)15(21)14(29-20)9-27-10(2)23/h5-8,14-17,20H,4,9H2,1-3H3/t14?,15?,16?,17-,20-/m0/s1. The summed E-state index contributed by atoms with van der Waals surface area (Å²) >= 11 is 1.23. The van der Waals surface area contributed by atoms with Crippen molar-refractivity contribution in [3.8, 4) is 0 Å². The van der Waals surface area contributed by atoms with Gasteiger partial charge in [0, 0.05) is 13.8 Å². The molecule has 8 nitrogen and oxygen atoms in total. The van der Waals surface area contributed by atoms with Gasteiger partial charge in [-0.05, 0) is 17.9 Å². The first-order valence-electron chi connectivity index (χ1n) is 9.44. The van der Waals surface area contributed by atoms with E-state index in [-0.39, 0.29) is 17.7 Å². The number of nitrogens with zero attached hydrogens (tertiary/aromatic N) is 1. The fourth-order valence-corrected chi connectivity index (χ4v) is 4.61. The molecule has 3 unspecified atom stereocenters. The van der Waals surface area contributed by atoms with E-state index in [0.717, 1.165) is 11.8 Å². The van der Waals surface area contributed by atoms with Crippen LogP contribution in [0.3, 0.4) is 0 Å². The van der Waals surface area contributed by atoms with Crippen LogP contribution >= 0.6 is 11.8 Å². The average Bonchev–Trinajstić information content (AvgIpc) is 2.94. The Labute approximate surface area is 177 Å². The van der Waals surface area contributed by atoms with Gasteiger partial charge in [0.2, 0.25) is 0 Å². The molecule has 1 fully saturated rings. The van der Waals surface area contributed by atoms with E-state index in [1.165, 1.54) is 30.8 Å². The summed E-state index contributed by atoms with van der Waals surface area (Å²) in [6.45, 7) is 3.74. The van der Waals surface area contributed by atoms with Crippen molar-refractivity contribution in [3.63, 3.8) is 0 Å². The lowest BCUT2D eigenvalue weighted by atomic mass is 9.97. The molecular formula is C20H22FNO7S. The molecule has 5 atom stereocenters. The highest BCUT2D eigenvalue weighted by Gasteiger charge is 2.55. The zero-order chi connectivity index (χ0) is 22.0. The van der Waals surface area contributed by atoms with Gasteiger partial charge < -0.3 is 14.2 Å². The number of hydrogen-bond donors (Lipinski definition) is 0. The van der Waals surface area contributed by atoms with Gasteiger partial charge in [-0.15, -0.1) is 11.8 Å². The number of amides is 2. The minimum Gasteiger partial charge on any atom is -0.463 e. The van der Waals surface area contributed by atoms with Crippen LogP contribution in [0.25, 0.3) is 0 Å². The summed E-state index contributed by atoms with van der Waals surface area (Å²) in [5.41, 5.74) is -0.488. The van der Waals surface area contributed by atoms with E-state index >= 15 is 4.39 Å². The number of halogens is 1. The molecular weight excluding hydrogens is 417 g/mol. The van der Waals surface area contributed by atoms with Crippen LogP contribution in [0, 0.1) is 0 Å². The molecule has 162 valence electrons. The maximum atomic E-state index is 15.4. The molecule has 1 saturated heterocycles. The Bertz CT molecular complexity index is 828. The molecule has 1 aromatic carbocycles. The zero-order valence-corrected chi connectivity index (χ0v) is 17.5. The highest BCUT2D eigenvalue weighted by Crippen LogP contribution is 2.38. The predicted octanol–water partition coefficient (Wildman–Crippen LogP) is 1.96. The summed E-state index contributed by atoms with van der Waals surface area (Å²) in [6, 6.07) is 5.09. The number of fused-ring (bicyclic) bond motifs is 1. The second kappa shape index (κ2) is 9.13. The summed E-state index contributed by atoms with van der Waals surface area (Å²) < 4.78 is 31.3. The second-order valence-corrected chi connectivity index (χ2v) is 8.21. The number of hydrogen-bond acceptors (Lipinski definition) is 8. The molecule has 0 aliphatic carbocycles. The van der Waals surface area contributed by atoms with E-state index in [9.17, 15) is 19.2 Å². The number of carbonyl (C=O) groups excluding carboxylic acids is 4. The van der Waals surface area contributed by atoms with E-state index in [4.69, 9.17) is 14.2 Å². The third-order valence-electron chi connectivity index (χ3n) is 4.80. The second-order valence-electron chi connectivity index (χ2n) is 6.84. The number of carbonyl (C=O) groups is 4. The largest absolute Gasteiger partial charge is 0.463 e. The third kappa shape index (κ3) is 4.20. The van der Waals surface area contributed by atoms with Crippen molar-refractivity contribution in [2.24, 2.45) is 0 Å². The van der Waals surface area contributed by atoms with Crippen LogP contribution in [0.15, 0.2) is 24.3 Å². The number of esters is 2. The van der Waals surface area contributed by atoms with Gasteiger partial charge in [0.15, 0.2) is 12.3 Å². The minimum absolute atomic E-state index is 0.196. The van der Waals surface area contributed by atoms with Crippen molar-refractivity contribution in [1.82, 2.24) is 4.90 Å². The maximum absolute atomic E-state index is 15.4. The van der Waals surface area contributed by atoms with Crippen molar-refractivity contribution < 1.29 is 37.8 Å². The zero-order valence-electron chi connectivity index (χ0n) is 16.7. The maximum Gasteiger partial charge on any atom is 0.303 e. The van der Waals surface area contributed by atoms with Crippen molar-refractivity contribution in [2.45, 2.75) is 50.6 Å². The molecule has 10 heteroatoms. The van der Waals surface area contributed by atoms with E-state index in [1.54, 1.807) is 12.1 Å². The van der Waals surface area contributed by atoms with Gasteiger partial charge >= 0.3 is 11.9 Å². The van der Waals surface area contributed by atoms with Crippen LogP contribution in [-0.4, -0.2) is 70.9 Å². The van der Waals surface area contributed by atoms with Crippen molar-refractivity contribution in [3.05, 3.63) is 35.4 Å². The summed E-state index contributed by atoms with van der Waals surface area (Å²) in [4.78, 5) is 49.8. The van der Waals surface area contributed by atoms with Gasteiger partial charge in [0.25, 0.3) is 11.8 Å². The minimum atomic E-state index is -1.92.